The van der Waals surface area contributed by atoms with E-state index in [1.807, 2.05) is 13.0 Å². The van der Waals surface area contributed by atoms with Gasteiger partial charge in [-0.15, -0.1) is 0 Å². The zero-order chi connectivity index (χ0) is 21.0. The largest absolute Gasteiger partial charge is 0.452 e. The van der Waals surface area contributed by atoms with Gasteiger partial charge in [-0.3, -0.25) is 10.1 Å². The number of carbonyl (C=O) groups is 3. The zero-order valence-corrected chi connectivity index (χ0v) is 17.5. The highest BCUT2D eigenvalue weighted by molar-refractivity contribution is 5.96. The van der Waals surface area contributed by atoms with Crippen molar-refractivity contribution in [3.63, 3.8) is 0 Å². The quantitative estimate of drug-likeness (QED) is 0.565. The molecule has 7 nitrogen and oxygen atoms in total. The van der Waals surface area contributed by atoms with Gasteiger partial charge in [0, 0.05) is 29.5 Å². The summed E-state index contributed by atoms with van der Waals surface area (Å²) in [5.41, 5.74) is 3.27. The maximum atomic E-state index is 12.0. The summed E-state index contributed by atoms with van der Waals surface area (Å²) in [7, 11) is 0. The number of amides is 3. The predicted molar refractivity (Wildman–Crippen MR) is 110 cm³/mol. The molecule has 0 unspecified atom stereocenters. The monoisotopic (exact) mass is 401 g/mol. The minimum Gasteiger partial charge on any atom is -0.452 e. The van der Waals surface area contributed by atoms with Crippen molar-refractivity contribution in [2.45, 2.75) is 71.4 Å². The number of aryl methyl sites for hydroxylation is 1. The first-order chi connectivity index (χ1) is 13.8. The summed E-state index contributed by atoms with van der Waals surface area (Å²) in [5.74, 6) is -0.855. The number of urea groups is 1. The lowest BCUT2D eigenvalue weighted by atomic mass is 9.86. The summed E-state index contributed by atoms with van der Waals surface area (Å²) in [6, 6.07) is 2.17. The molecule has 2 N–H and O–H groups in total. The molecule has 1 aromatic heterocycles. The number of nitrogens with one attached hydrogen (secondary N) is 2. The van der Waals surface area contributed by atoms with Crippen LogP contribution in [-0.2, 0) is 14.3 Å². The van der Waals surface area contributed by atoms with E-state index < -0.39 is 24.5 Å². The molecule has 2 aliphatic carbocycles. The smallest absolute Gasteiger partial charge is 0.331 e. The van der Waals surface area contributed by atoms with Crippen LogP contribution in [0.5, 0.6) is 0 Å². The van der Waals surface area contributed by atoms with Crippen molar-refractivity contribution in [3.05, 3.63) is 29.1 Å². The molecule has 0 bridgehead atoms. The van der Waals surface area contributed by atoms with Crippen LogP contribution in [0.4, 0.5) is 4.79 Å². The van der Waals surface area contributed by atoms with Crippen molar-refractivity contribution in [2.24, 2.45) is 5.92 Å². The first kappa shape index (κ1) is 21.1. The number of esters is 1. The molecule has 0 saturated heterocycles. The highest BCUT2D eigenvalue weighted by Gasteiger charge is 2.26. The molecule has 1 heterocycles. The number of nitrogens with zero attached hydrogens (tertiary/aromatic N) is 1. The average molecular weight is 402 g/mol. The Morgan fingerprint density at radius 2 is 1.90 bits per heavy atom. The van der Waals surface area contributed by atoms with E-state index in [2.05, 4.69) is 29.0 Å². The maximum Gasteiger partial charge on any atom is 0.331 e. The lowest BCUT2D eigenvalue weighted by molar-refractivity contribution is -0.143. The van der Waals surface area contributed by atoms with Crippen LogP contribution < -0.4 is 10.6 Å². The van der Waals surface area contributed by atoms with Gasteiger partial charge in [0.25, 0.3) is 5.91 Å². The Labute approximate surface area is 171 Å². The summed E-state index contributed by atoms with van der Waals surface area (Å²) in [5, 5.41) is 5.06. The van der Waals surface area contributed by atoms with E-state index in [4.69, 9.17) is 4.74 Å². The molecule has 7 heteroatoms. The predicted octanol–water partition coefficient (Wildman–Crippen LogP) is 3.40. The summed E-state index contributed by atoms with van der Waals surface area (Å²) in [4.78, 5) is 35.7. The Morgan fingerprint density at radius 1 is 1.17 bits per heavy atom. The van der Waals surface area contributed by atoms with Crippen molar-refractivity contribution in [1.29, 1.82) is 0 Å². The Kier molecular flexibility index (Phi) is 6.77. The summed E-state index contributed by atoms with van der Waals surface area (Å²) >= 11 is 0. The number of hydrogen-bond acceptors (Lipinski definition) is 4. The van der Waals surface area contributed by atoms with E-state index >= 15 is 0 Å². The van der Waals surface area contributed by atoms with Gasteiger partial charge in [-0.1, -0.05) is 19.8 Å². The van der Waals surface area contributed by atoms with Crippen molar-refractivity contribution < 1.29 is 19.1 Å². The molecule has 1 aromatic rings. The number of aromatic nitrogens is 1. The van der Waals surface area contributed by atoms with Gasteiger partial charge in [0.1, 0.15) is 0 Å². The third-order valence-corrected chi connectivity index (χ3v) is 5.86. The van der Waals surface area contributed by atoms with Gasteiger partial charge in [-0.05, 0) is 63.2 Å². The maximum absolute atomic E-state index is 12.0. The molecule has 158 valence electrons. The van der Waals surface area contributed by atoms with Crippen LogP contribution in [-0.4, -0.2) is 35.1 Å². The molecule has 0 aliphatic heterocycles. The SMILES string of the molecule is Cc1cc(/C=C/C(=O)OCC(=O)NC(=O)N[C@H]2CCCC[C@H]2C)c(C)n1C1CC1. The highest BCUT2D eigenvalue weighted by Crippen LogP contribution is 2.38. The number of hydrogen-bond donors (Lipinski definition) is 2. The van der Waals surface area contributed by atoms with E-state index in [1.165, 1.54) is 31.0 Å². The second-order valence-corrected chi connectivity index (χ2v) is 8.26. The minimum absolute atomic E-state index is 0.0803. The molecule has 2 aliphatic rings. The van der Waals surface area contributed by atoms with E-state index in [0.717, 1.165) is 30.5 Å². The molecule has 0 radical (unpaired) electrons. The lowest BCUT2D eigenvalue weighted by Gasteiger charge is -2.29. The van der Waals surface area contributed by atoms with Crippen LogP contribution in [0.25, 0.3) is 6.08 Å². The molecule has 2 saturated carbocycles. The Bertz CT molecular complexity index is 807. The van der Waals surface area contributed by atoms with Gasteiger partial charge in [-0.2, -0.15) is 0 Å². The molecule has 0 aromatic carbocycles. The minimum atomic E-state index is -0.639. The Morgan fingerprint density at radius 3 is 2.59 bits per heavy atom. The van der Waals surface area contributed by atoms with Crippen molar-refractivity contribution in [1.82, 2.24) is 15.2 Å². The van der Waals surface area contributed by atoms with Gasteiger partial charge < -0.3 is 14.6 Å². The van der Waals surface area contributed by atoms with Gasteiger partial charge in [-0.25, -0.2) is 9.59 Å². The van der Waals surface area contributed by atoms with E-state index in [9.17, 15) is 14.4 Å². The molecule has 3 rings (SSSR count). The Balaban J connectivity index is 1.42. The normalized spacial score (nSPS) is 21.8. The topological polar surface area (TPSA) is 89.4 Å². The van der Waals surface area contributed by atoms with Crippen LogP contribution in [0, 0.1) is 19.8 Å². The molecule has 3 amide bonds. The fourth-order valence-corrected chi connectivity index (χ4v) is 4.11. The Hall–Kier alpha value is -2.57. The molecule has 2 atom stereocenters. The molecular weight excluding hydrogens is 370 g/mol. The first-order valence-electron chi connectivity index (χ1n) is 10.5. The second kappa shape index (κ2) is 9.29. The van der Waals surface area contributed by atoms with Gasteiger partial charge in [0.05, 0.1) is 0 Å². The van der Waals surface area contributed by atoms with Crippen LogP contribution in [0.2, 0.25) is 0 Å². The number of rotatable bonds is 6. The molecule has 29 heavy (non-hydrogen) atoms. The zero-order valence-electron chi connectivity index (χ0n) is 17.5. The van der Waals surface area contributed by atoms with E-state index in [-0.39, 0.29) is 6.04 Å². The van der Waals surface area contributed by atoms with Crippen LogP contribution >= 0.6 is 0 Å². The van der Waals surface area contributed by atoms with Crippen molar-refractivity contribution in [2.75, 3.05) is 6.61 Å². The summed E-state index contributed by atoms with van der Waals surface area (Å²) < 4.78 is 7.25. The molecule has 2 fully saturated rings. The second-order valence-electron chi connectivity index (χ2n) is 8.26. The van der Waals surface area contributed by atoms with E-state index in [0.29, 0.717) is 12.0 Å². The van der Waals surface area contributed by atoms with Crippen LogP contribution in [0.3, 0.4) is 0 Å². The standard InChI is InChI=1S/C22H31N3O4/c1-14-6-4-5-7-19(14)23-22(28)24-20(26)13-29-21(27)11-8-17-12-15(2)25(16(17)3)18-9-10-18/h8,11-12,14,18-19H,4-7,9-10,13H2,1-3H3,(H2,23,24,26,28)/b11-8+/t14-,19+/m1/s1. The number of imide groups is 1. The third-order valence-electron chi connectivity index (χ3n) is 5.86. The fraction of sp³-hybridized carbons (Fsp3) is 0.591. The summed E-state index contributed by atoms with van der Waals surface area (Å²) in [6.07, 6.45) is 9.67. The van der Waals surface area contributed by atoms with Gasteiger partial charge in [0.2, 0.25) is 0 Å². The van der Waals surface area contributed by atoms with Crippen molar-refractivity contribution in [3.8, 4) is 0 Å². The van der Waals surface area contributed by atoms with Crippen molar-refractivity contribution >= 4 is 24.0 Å². The average Bonchev–Trinajstić information content (AvgIpc) is 3.45. The molecular formula is C22H31N3O4. The highest BCUT2D eigenvalue weighted by atomic mass is 16.5. The van der Waals surface area contributed by atoms with E-state index in [1.54, 1.807) is 6.08 Å². The lowest BCUT2D eigenvalue weighted by Crippen LogP contribution is -2.48. The number of carbonyl (C=O) groups excluding carboxylic acids is 3. The first-order valence-corrected chi connectivity index (χ1v) is 10.5. The number of ether oxygens (including phenoxy) is 1. The van der Waals surface area contributed by atoms with Crippen LogP contribution in [0.15, 0.2) is 12.1 Å². The third kappa shape index (κ3) is 5.71. The van der Waals surface area contributed by atoms with Crippen LogP contribution in [0.1, 0.15) is 68.4 Å². The van der Waals surface area contributed by atoms with Gasteiger partial charge >= 0.3 is 12.0 Å². The molecule has 0 spiro atoms. The van der Waals surface area contributed by atoms with Gasteiger partial charge in [0.15, 0.2) is 6.61 Å². The fourth-order valence-electron chi connectivity index (χ4n) is 4.11. The summed E-state index contributed by atoms with van der Waals surface area (Å²) in [6.45, 7) is 5.71.